The van der Waals surface area contributed by atoms with Crippen LogP contribution in [0.1, 0.15) is 41.9 Å². The van der Waals surface area contributed by atoms with Crippen LogP contribution in [0.3, 0.4) is 0 Å². The molecule has 6 heteroatoms. The van der Waals surface area contributed by atoms with Crippen molar-refractivity contribution in [3.05, 3.63) is 46.2 Å². The molecular weight excluding hydrogens is 374 g/mol. The van der Waals surface area contributed by atoms with Crippen molar-refractivity contribution in [2.24, 2.45) is 0 Å². The van der Waals surface area contributed by atoms with Crippen molar-refractivity contribution < 1.29 is 19.0 Å². The first kappa shape index (κ1) is 20.7. The van der Waals surface area contributed by atoms with Crippen LogP contribution in [0.15, 0.2) is 35.7 Å². The fraction of sp³-hybridized carbons (Fsp3) is 0.500. The zero-order valence-electron chi connectivity index (χ0n) is 16.7. The number of carbonyl (C=O) groups is 1. The third-order valence-corrected chi connectivity index (χ3v) is 5.80. The lowest BCUT2D eigenvalue weighted by atomic mass is 10.0. The van der Waals surface area contributed by atoms with Gasteiger partial charge in [-0.2, -0.15) is 0 Å². The summed E-state index contributed by atoms with van der Waals surface area (Å²) in [5.74, 6) is 1.35. The molecule has 3 rings (SSSR count). The van der Waals surface area contributed by atoms with Crippen LogP contribution in [0, 0.1) is 0 Å². The van der Waals surface area contributed by atoms with Crippen molar-refractivity contribution in [2.45, 2.75) is 39.2 Å². The molecule has 1 aromatic carbocycles. The van der Waals surface area contributed by atoms with E-state index >= 15 is 0 Å². The van der Waals surface area contributed by atoms with Gasteiger partial charge in [-0.15, -0.1) is 11.3 Å². The summed E-state index contributed by atoms with van der Waals surface area (Å²) < 4.78 is 16.8. The van der Waals surface area contributed by atoms with E-state index in [1.807, 2.05) is 36.9 Å². The third kappa shape index (κ3) is 5.26. The predicted molar refractivity (Wildman–Crippen MR) is 112 cm³/mol. The van der Waals surface area contributed by atoms with Crippen molar-refractivity contribution in [1.82, 2.24) is 4.90 Å². The zero-order chi connectivity index (χ0) is 19.8. The number of benzene rings is 1. The van der Waals surface area contributed by atoms with E-state index in [4.69, 9.17) is 14.2 Å². The van der Waals surface area contributed by atoms with E-state index in [9.17, 15) is 4.79 Å². The van der Waals surface area contributed by atoms with Gasteiger partial charge in [0.1, 0.15) is 0 Å². The minimum absolute atomic E-state index is 0.0486. The molecule has 0 N–H and O–H groups in total. The second-order valence-corrected chi connectivity index (χ2v) is 7.73. The van der Waals surface area contributed by atoms with Crippen LogP contribution in [0.5, 0.6) is 11.5 Å². The maximum absolute atomic E-state index is 13.4. The molecule has 1 fully saturated rings. The lowest BCUT2D eigenvalue weighted by molar-refractivity contribution is 0.0293. The Kier molecular flexibility index (Phi) is 7.74. The summed E-state index contributed by atoms with van der Waals surface area (Å²) in [4.78, 5) is 16.7. The molecule has 0 saturated carbocycles. The summed E-state index contributed by atoms with van der Waals surface area (Å²) in [6.45, 7) is 7.08. The molecule has 2 heterocycles. The van der Waals surface area contributed by atoms with Gasteiger partial charge in [-0.05, 0) is 62.8 Å². The minimum Gasteiger partial charge on any atom is -0.490 e. The Morgan fingerprint density at radius 1 is 1.14 bits per heavy atom. The van der Waals surface area contributed by atoms with Gasteiger partial charge < -0.3 is 19.1 Å². The zero-order valence-corrected chi connectivity index (χ0v) is 17.5. The smallest absolute Gasteiger partial charge is 0.254 e. The number of hydrogen-bond donors (Lipinski definition) is 0. The molecule has 0 atom stereocenters. The Balaban J connectivity index is 1.81. The summed E-state index contributed by atoms with van der Waals surface area (Å²) in [7, 11) is 0. The molecule has 0 bridgehead atoms. The lowest BCUT2D eigenvalue weighted by Gasteiger charge is -2.34. The normalized spacial score (nSPS) is 14.6. The second kappa shape index (κ2) is 10.5. The Labute approximate surface area is 171 Å². The van der Waals surface area contributed by atoms with Crippen LogP contribution < -0.4 is 9.47 Å². The number of carbonyl (C=O) groups excluding carboxylic acids is 1. The van der Waals surface area contributed by atoms with E-state index in [0.29, 0.717) is 50.0 Å². The molecule has 1 aliphatic rings. The molecule has 0 aliphatic carbocycles. The fourth-order valence-corrected chi connectivity index (χ4v) is 4.18. The van der Waals surface area contributed by atoms with Crippen molar-refractivity contribution in [3.63, 3.8) is 0 Å². The summed E-state index contributed by atoms with van der Waals surface area (Å²) >= 11 is 1.74. The van der Waals surface area contributed by atoms with Gasteiger partial charge in [-0.25, -0.2) is 0 Å². The average Bonchev–Trinajstić information content (AvgIpc) is 3.24. The molecule has 2 aromatic rings. The molecule has 1 saturated heterocycles. The first-order valence-electron chi connectivity index (χ1n) is 10.0. The second-order valence-electron chi connectivity index (χ2n) is 6.70. The molecule has 28 heavy (non-hydrogen) atoms. The quantitative estimate of drug-likeness (QED) is 0.622. The highest BCUT2D eigenvalue weighted by atomic mass is 32.1. The van der Waals surface area contributed by atoms with E-state index in [2.05, 4.69) is 17.5 Å². The minimum atomic E-state index is 0.0486. The molecule has 0 radical (unpaired) electrons. The molecule has 0 unspecified atom stereocenters. The highest BCUT2D eigenvalue weighted by molar-refractivity contribution is 7.09. The Bertz CT molecular complexity index is 741. The number of nitrogens with zero attached hydrogens (tertiary/aromatic N) is 1. The SMILES string of the molecule is CCOc1ccc(C(=O)N(CCc2cccs2)C2CCOCC2)cc1OCC. The number of rotatable bonds is 9. The monoisotopic (exact) mass is 403 g/mol. The van der Waals surface area contributed by atoms with Gasteiger partial charge >= 0.3 is 0 Å². The molecule has 1 aliphatic heterocycles. The van der Waals surface area contributed by atoms with Gasteiger partial charge in [-0.1, -0.05) is 6.07 Å². The largest absolute Gasteiger partial charge is 0.490 e. The highest BCUT2D eigenvalue weighted by Gasteiger charge is 2.27. The maximum Gasteiger partial charge on any atom is 0.254 e. The van der Waals surface area contributed by atoms with Gasteiger partial charge in [0.2, 0.25) is 0 Å². The highest BCUT2D eigenvalue weighted by Crippen LogP contribution is 2.30. The van der Waals surface area contributed by atoms with Crippen LogP contribution in [0.25, 0.3) is 0 Å². The van der Waals surface area contributed by atoms with Crippen LogP contribution in [-0.4, -0.2) is 49.8 Å². The van der Waals surface area contributed by atoms with Gasteiger partial charge in [0.25, 0.3) is 5.91 Å². The molecule has 1 aromatic heterocycles. The molecule has 0 spiro atoms. The van der Waals surface area contributed by atoms with Gasteiger partial charge in [0, 0.05) is 36.2 Å². The molecule has 1 amide bonds. The van der Waals surface area contributed by atoms with E-state index in [1.54, 1.807) is 11.3 Å². The van der Waals surface area contributed by atoms with Crippen molar-refractivity contribution in [2.75, 3.05) is 33.0 Å². The van der Waals surface area contributed by atoms with Crippen molar-refractivity contribution in [3.8, 4) is 11.5 Å². The number of ether oxygens (including phenoxy) is 3. The van der Waals surface area contributed by atoms with Gasteiger partial charge in [0.15, 0.2) is 11.5 Å². The Morgan fingerprint density at radius 3 is 2.57 bits per heavy atom. The van der Waals surface area contributed by atoms with Gasteiger partial charge in [-0.3, -0.25) is 4.79 Å². The fourth-order valence-electron chi connectivity index (χ4n) is 3.48. The average molecular weight is 404 g/mol. The van der Waals surface area contributed by atoms with Crippen LogP contribution in [0.4, 0.5) is 0 Å². The number of amides is 1. The Hall–Kier alpha value is -2.05. The van der Waals surface area contributed by atoms with E-state index in [1.165, 1.54) is 4.88 Å². The number of thiophene rings is 1. The first-order valence-corrected chi connectivity index (χ1v) is 10.9. The first-order chi connectivity index (χ1) is 13.7. The molecule has 5 nitrogen and oxygen atoms in total. The van der Waals surface area contributed by atoms with E-state index in [0.717, 1.165) is 19.3 Å². The maximum atomic E-state index is 13.4. The summed E-state index contributed by atoms with van der Waals surface area (Å²) in [5.41, 5.74) is 0.643. The van der Waals surface area contributed by atoms with Crippen LogP contribution in [-0.2, 0) is 11.2 Å². The predicted octanol–water partition coefficient (Wildman–Crippen LogP) is 4.41. The summed E-state index contributed by atoms with van der Waals surface area (Å²) in [6.07, 6.45) is 2.63. The molecule has 152 valence electrons. The van der Waals surface area contributed by atoms with Crippen molar-refractivity contribution in [1.29, 1.82) is 0 Å². The molecular formula is C22H29NO4S. The topological polar surface area (TPSA) is 48.0 Å². The third-order valence-electron chi connectivity index (χ3n) is 4.86. The Morgan fingerprint density at radius 2 is 1.89 bits per heavy atom. The van der Waals surface area contributed by atoms with Crippen molar-refractivity contribution >= 4 is 17.2 Å². The van der Waals surface area contributed by atoms with Gasteiger partial charge in [0.05, 0.1) is 13.2 Å². The van der Waals surface area contributed by atoms with E-state index in [-0.39, 0.29) is 11.9 Å². The summed E-state index contributed by atoms with van der Waals surface area (Å²) in [6, 6.07) is 9.89. The van der Waals surface area contributed by atoms with Crippen LogP contribution in [0.2, 0.25) is 0 Å². The van der Waals surface area contributed by atoms with E-state index < -0.39 is 0 Å². The summed E-state index contributed by atoms with van der Waals surface area (Å²) in [5, 5.41) is 2.08. The standard InChI is InChI=1S/C22H29NO4S/c1-3-26-20-8-7-17(16-21(20)27-4-2)22(24)23(18-10-13-25-14-11-18)12-9-19-6-5-15-28-19/h5-8,15-16,18H,3-4,9-14H2,1-2H3. The number of hydrogen-bond acceptors (Lipinski definition) is 5. The lowest BCUT2D eigenvalue weighted by Crippen LogP contribution is -2.44. The van der Waals surface area contributed by atoms with Crippen LogP contribution >= 0.6 is 11.3 Å².